The van der Waals surface area contributed by atoms with Crippen molar-refractivity contribution in [1.82, 2.24) is 0 Å². The Kier molecular flexibility index (Phi) is 3.81. The molecule has 0 aliphatic carbocycles. The summed E-state index contributed by atoms with van der Waals surface area (Å²) in [4.78, 5) is 2.28. The van der Waals surface area contributed by atoms with E-state index in [0.29, 0.717) is 6.61 Å². The van der Waals surface area contributed by atoms with Crippen LogP contribution in [0.15, 0.2) is 42.5 Å². The molecule has 0 spiro atoms. The molecule has 0 bridgehead atoms. The summed E-state index contributed by atoms with van der Waals surface area (Å²) in [5.41, 5.74) is 3.16. The lowest BCUT2D eigenvalue weighted by Gasteiger charge is -2.31. The number of nitrogens with zero attached hydrogens (tertiary/aromatic N) is 1. The number of anilines is 1. The number of fused-ring (bicyclic) bond motifs is 1. The predicted molar refractivity (Wildman–Crippen MR) is 80.4 cm³/mol. The molecule has 0 amide bonds. The predicted octanol–water partition coefficient (Wildman–Crippen LogP) is 3.23. The molecule has 0 atom stereocenters. The first kappa shape index (κ1) is 13.3. The zero-order valence-electron chi connectivity index (χ0n) is 11.1. The molecule has 3 nitrogen and oxygen atoms in total. The molecule has 20 heavy (non-hydrogen) atoms. The highest BCUT2D eigenvalue weighted by Crippen LogP contribution is 2.33. The molecule has 4 heteroatoms. The Balaban J connectivity index is 1.84. The zero-order valence-corrected chi connectivity index (χ0v) is 11.8. The lowest BCUT2D eigenvalue weighted by atomic mass is 10.1. The van der Waals surface area contributed by atoms with Crippen LogP contribution in [-0.4, -0.2) is 18.3 Å². The monoisotopic (exact) mass is 289 g/mol. The standard InChI is InChI=1S/C16H16ClNO2/c17-14-4-1-12(2-5-14)10-18-7-8-20-16-9-13(11-19)3-6-15(16)18/h1-6,9,19H,7-8,10-11H2. The van der Waals surface area contributed by atoms with E-state index >= 15 is 0 Å². The first-order chi connectivity index (χ1) is 9.76. The minimum atomic E-state index is 0.0355. The lowest BCUT2D eigenvalue weighted by molar-refractivity contribution is 0.278. The van der Waals surface area contributed by atoms with Crippen LogP contribution < -0.4 is 9.64 Å². The van der Waals surface area contributed by atoms with Crippen molar-refractivity contribution in [1.29, 1.82) is 0 Å². The SMILES string of the molecule is OCc1ccc2c(c1)OCCN2Cc1ccc(Cl)cc1. The van der Waals surface area contributed by atoms with Crippen LogP contribution in [0.25, 0.3) is 0 Å². The van der Waals surface area contributed by atoms with Gasteiger partial charge in [0.05, 0.1) is 18.8 Å². The number of ether oxygens (including phenoxy) is 1. The highest BCUT2D eigenvalue weighted by molar-refractivity contribution is 6.30. The number of halogens is 1. The van der Waals surface area contributed by atoms with Gasteiger partial charge in [0.1, 0.15) is 12.4 Å². The number of rotatable bonds is 3. The van der Waals surface area contributed by atoms with E-state index in [9.17, 15) is 5.11 Å². The number of hydrogen-bond acceptors (Lipinski definition) is 3. The summed E-state index contributed by atoms with van der Waals surface area (Å²) in [6.07, 6.45) is 0. The van der Waals surface area contributed by atoms with Crippen molar-refractivity contribution in [3.63, 3.8) is 0 Å². The second kappa shape index (κ2) is 5.73. The van der Waals surface area contributed by atoms with Gasteiger partial charge in [-0.1, -0.05) is 29.8 Å². The topological polar surface area (TPSA) is 32.7 Å². The summed E-state index contributed by atoms with van der Waals surface area (Å²) in [6.45, 7) is 2.38. The second-order valence-corrected chi connectivity index (χ2v) is 5.29. The van der Waals surface area contributed by atoms with Crippen molar-refractivity contribution in [3.05, 3.63) is 58.6 Å². The Hall–Kier alpha value is -1.71. The van der Waals surface area contributed by atoms with E-state index < -0.39 is 0 Å². The molecule has 1 aliphatic heterocycles. The smallest absolute Gasteiger partial charge is 0.143 e. The van der Waals surface area contributed by atoms with Gasteiger partial charge in [-0.15, -0.1) is 0 Å². The van der Waals surface area contributed by atoms with E-state index in [4.69, 9.17) is 16.3 Å². The normalized spacial score (nSPS) is 13.8. The molecular weight excluding hydrogens is 274 g/mol. The molecule has 0 saturated heterocycles. The third-order valence-electron chi connectivity index (χ3n) is 3.45. The van der Waals surface area contributed by atoms with Gasteiger partial charge in [0.15, 0.2) is 0 Å². The third kappa shape index (κ3) is 2.74. The van der Waals surface area contributed by atoms with Gasteiger partial charge in [0, 0.05) is 11.6 Å². The Morgan fingerprint density at radius 3 is 2.60 bits per heavy atom. The minimum absolute atomic E-state index is 0.0355. The van der Waals surface area contributed by atoms with Gasteiger partial charge < -0.3 is 14.7 Å². The average molecular weight is 290 g/mol. The summed E-state index contributed by atoms with van der Waals surface area (Å²) in [5, 5.41) is 9.94. The van der Waals surface area contributed by atoms with Crippen molar-refractivity contribution in [2.24, 2.45) is 0 Å². The number of aliphatic hydroxyl groups excluding tert-OH is 1. The van der Waals surface area contributed by atoms with Crippen molar-refractivity contribution >= 4 is 17.3 Å². The zero-order chi connectivity index (χ0) is 13.9. The van der Waals surface area contributed by atoms with E-state index in [2.05, 4.69) is 4.90 Å². The molecule has 104 valence electrons. The molecule has 0 unspecified atom stereocenters. The average Bonchev–Trinajstić information content (AvgIpc) is 2.49. The maximum Gasteiger partial charge on any atom is 0.143 e. The number of aliphatic hydroxyl groups is 1. The Bertz CT molecular complexity index is 598. The van der Waals surface area contributed by atoms with Gasteiger partial charge in [0.2, 0.25) is 0 Å². The van der Waals surface area contributed by atoms with Crippen LogP contribution in [0.2, 0.25) is 5.02 Å². The van der Waals surface area contributed by atoms with Crippen LogP contribution in [0.4, 0.5) is 5.69 Å². The molecule has 3 rings (SSSR count). The van der Waals surface area contributed by atoms with Gasteiger partial charge in [-0.2, -0.15) is 0 Å². The van der Waals surface area contributed by atoms with E-state index in [0.717, 1.165) is 35.1 Å². The van der Waals surface area contributed by atoms with Crippen molar-refractivity contribution in [3.8, 4) is 5.75 Å². The quantitative estimate of drug-likeness (QED) is 0.942. The first-order valence-electron chi connectivity index (χ1n) is 6.62. The van der Waals surface area contributed by atoms with Gasteiger partial charge in [-0.3, -0.25) is 0 Å². The summed E-state index contributed by atoms with van der Waals surface area (Å²) >= 11 is 5.91. The fourth-order valence-corrected chi connectivity index (χ4v) is 2.52. The fraction of sp³-hybridized carbons (Fsp3) is 0.250. The Labute approximate surface area is 123 Å². The van der Waals surface area contributed by atoms with Gasteiger partial charge >= 0.3 is 0 Å². The van der Waals surface area contributed by atoms with Crippen molar-refractivity contribution in [2.75, 3.05) is 18.1 Å². The molecule has 1 aliphatic rings. The van der Waals surface area contributed by atoms with Gasteiger partial charge in [-0.25, -0.2) is 0 Å². The highest BCUT2D eigenvalue weighted by Gasteiger charge is 2.18. The Morgan fingerprint density at radius 1 is 1.10 bits per heavy atom. The number of benzene rings is 2. The maximum absolute atomic E-state index is 9.18. The van der Waals surface area contributed by atoms with E-state index in [1.54, 1.807) is 0 Å². The van der Waals surface area contributed by atoms with Gasteiger partial charge in [0.25, 0.3) is 0 Å². The fourth-order valence-electron chi connectivity index (χ4n) is 2.39. The summed E-state index contributed by atoms with van der Waals surface area (Å²) in [7, 11) is 0. The van der Waals surface area contributed by atoms with E-state index in [1.807, 2.05) is 42.5 Å². The van der Waals surface area contributed by atoms with E-state index in [-0.39, 0.29) is 6.61 Å². The molecule has 0 radical (unpaired) electrons. The van der Waals surface area contributed by atoms with Crippen molar-refractivity contribution < 1.29 is 9.84 Å². The van der Waals surface area contributed by atoms with Crippen LogP contribution >= 0.6 is 11.6 Å². The molecular formula is C16H16ClNO2. The molecule has 1 heterocycles. The second-order valence-electron chi connectivity index (χ2n) is 4.86. The molecule has 0 saturated carbocycles. The van der Waals surface area contributed by atoms with Crippen molar-refractivity contribution in [2.45, 2.75) is 13.2 Å². The highest BCUT2D eigenvalue weighted by atomic mass is 35.5. The van der Waals surface area contributed by atoms with Crippen LogP contribution in [0.5, 0.6) is 5.75 Å². The summed E-state index contributed by atoms with van der Waals surface area (Å²) in [5.74, 6) is 0.844. The van der Waals surface area contributed by atoms with Crippen LogP contribution in [-0.2, 0) is 13.2 Å². The molecule has 1 N–H and O–H groups in total. The molecule has 0 fully saturated rings. The molecule has 0 aromatic heterocycles. The van der Waals surface area contributed by atoms with Crippen LogP contribution in [0, 0.1) is 0 Å². The number of hydrogen-bond donors (Lipinski definition) is 1. The lowest BCUT2D eigenvalue weighted by Crippen LogP contribution is -2.32. The maximum atomic E-state index is 9.18. The summed E-state index contributed by atoms with van der Waals surface area (Å²) in [6, 6.07) is 13.8. The van der Waals surface area contributed by atoms with Crippen LogP contribution in [0.1, 0.15) is 11.1 Å². The summed E-state index contributed by atoms with van der Waals surface area (Å²) < 4.78 is 5.68. The minimum Gasteiger partial charge on any atom is -0.490 e. The molecule has 2 aromatic rings. The first-order valence-corrected chi connectivity index (χ1v) is 7.00. The molecule has 2 aromatic carbocycles. The van der Waals surface area contributed by atoms with E-state index in [1.165, 1.54) is 5.56 Å². The largest absolute Gasteiger partial charge is 0.490 e. The Morgan fingerprint density at radius 2 is 1.85 bits per heavy atom. The van der Waals surface area contributed by atoms with Crippen LogP contribution in [0.3, 0.4) is 0 Å². The van der Waals surface area contributed by atoms with Gasteiger partial charge in [-0.05, 0) is 35.4 Å². The third-order valence-corrected chi connectivity index (χ3v) is 3.70.